The molecular weight excluding hydrogens is 298 g/mol. The van der Waals surface area contributed by atoms with E-state index in [1.807, 2.05) is 58.6 Å². The number of nitrogens with zero attached hydrogens (tertiary/aromatic N) is 2. The van der Waals surface area contributed by atoms with E-state index in [4.69, 9.17) is 0 Å². The van der Waals surface area contributed by atoms with Crippen molar-refractivity contribution in [3.8, 4) is 0 Å². The van der Waals surface area contributed by atoms with Crippen LogP contribution >= 0.6 is 0 Å². The van der Waals surface area contributed by atoms with Gasteiger partial charge in [0, 0.05) is 6.04 Å². The van der Waals surface area contributed by atoms with E-state index < -0.39 is 0 Å². The number of para-hydroxylation sites is 2. The lowest BCUT2D eigenvalue weighted by Gasteiger charge is -2.19. The second-order valence-electron chi connectivity index (χ2n) is 6.42. The van der Waals surface area contributed by atoms with Gasteiger partial charge in [-0.25, -0.2) is 4.79 Å². The summed E-state index contributed by atoms with van der Waals surface area (Å²) in [6, 6.07) is 18.5. The number of hydrogen-bond donors (Lipinski definition) is 1. The average Bonchev–Trinajstić information content (AvgIpc) is 2.89. The zero-order valence-electron chi connectivity index (χ0n) is 14.6. The Labute approximate surface area is 142 Å². The SMILES string of the molecule is CNCC[C@@H](c1ccccc1)n1c(=O)n(C(C)C)c2ccccc21. The van der Waals surface area contributed by atoms with E-state index in [1.54, 1.807) is 0 Å². The maximum atomic E-state index is 13.2. The topological polar surface area (TPSA) is 39.0 Å². The van der Waals surface area contributed by atoms with Crippen LogP contribution in [0.3, 0.4) is 0 Å². The van der Waals surface area contributed by atoms with Crippen LogP contribution in [0.2, 0.25) is 0 Å². The highest BCUT2D eigenvalue weighted by atomic mass is 16.1. The van der Waals surface area contributed by atoms with Gasteiger partial charge in [0.05, 0.1) is 17.1 Å². The molecule has 0 aliphatic heterocycles. The number of fused-ring (bicyclic) bond motifs is 1. The quantitative estimate of drug-likeness (QED) is 0.753. The number of hydrogen-bond acceptors (Lipinski definition) is 2. The molecule has 1 aromatic heterocycles. The summed E-state index contributed by atoms with van der Waals surface area (Å²) in [6.45, 7) is 4.97. The van der Waals surface area contributed by atoms with E-state index in [9.17, 15) is 4.79 Å². The fraction of sp³-hybridized carbons (Fsp3) is 0.350. The van der Waals surface area contributed by atoms with Crippen LogP contribution in [0.15, 0.2) is 59.4 Å². The Bertz CT molecular complexity index is 861. The van der Waals surface area contributed by atoms with Crippen LogP contribution < -0.4 is 11.0 Å². The third-order valence-corrected chi connectivity index (χ3v) is 4.49. The summed E-state index contributed by atoms with van der Waals surface area (Å²) in [5, 5.41) is 3.21. The van der Waals surface area contributed by atoms with Crippen LogP contribution in [-0.4, -0.2) is 22.7 Å². The van der Waals surface area contributed by atoms with Gasteiger partial charge in [-0.1, -0.05) is 42.5 Å². The first kappa shape index (κ1) is 16.5. The Kier molecular flexibility index (Phi) is 4.86. The predicted molar refractivity (Wildman–Crippen MR) is 99.7 cm³/mol. The maximum absolute atomic E-state index is 13.2. The van der Waals surface area contributed by atoms with Gasteiger partial charge < -0.3 is 5.32 Å². The monoisotopic (exact) mass is 323 g/mol. The van der Waals surface area contributed by atoms with Crippen molar-refractivity contribution in [3.05, 3.63) is 70.6 Å². The molecule has 3 aromatic rings. The van der Waals surface area contributed by atoms with Crippen LogP contribution in [0, 0.1) is 0 Å². The number of aromatic nitrogens is 2. The molecule has 24 heavy (non-hydrogen) atoms. The Hall–Kier alpha value is -2.33. The van der Waals surface area contributed by atoms with E-state index in [-0.39, 0.29) is 17.8 Å². The Morgan fingerprint density at radius 2 is 1.50 bits per heavy atom. The van der Waals surface area contributed by atoms with Crippen LogP contribution in [0.5, 0.6) is 0 Å². The Morgan fingerprint density at radius 1 is 0.917 bits per heavy atom. The molecule has 0 spiro atoms. The maximum Gasteiger partial charge on any atom is 0.329 e. The molecular formula is C20H25N3O. The van der Waals surface area contributed by atoms with E-state index in [0.29, 0.717) is 0 Å². The predicted octanol–water partition coefficient (Wildman–Crippen LogP) is 3.58. The molecule has 126 valence electrons. The molecule has 4 heteroatoms. The van der Waals surface area contributed by atoms with E-state index in [1.165, 1.54) is 5.56 Å². The summed E-state index contributed by atoms with van der Waals surface area (Å²) in [7, 11) is 1.95. The first-order chi connectivity index (χ1) is 11.6. The second-order valence-corrected chi connectivity index (χ2v) is 6.42. The standard InChI is InChI=1S/C20H25N3O/c1-15(2)22-18-11-7-8-12-19(18)23(20(22)24)17(13-14-21-3)16-9-5-4-6-10-16/h4-12,15,17,21H,13-14H2,1-3H3/t17-/m0/s1. The first-order valence-electron chi connectivity index (χ1n) is 8.56. The highest BCUT2D eigenvalue weighted by Crippen LogP contribution is 2.26. The zero-order valence-corrected chi connectivity index (χ0v) is 14.6. The Morgan fingerprint density at radius 3 is 2.08 bits per heavy atom. The summed E-state index contributed by atoms with van der Waals surface area (Å²) in [5.74, 6) is 0. The van der Waals surface area contributed by atoms with Gasteiger partial charge in [-0.05, 0) is 51.6 Å². The van der Waals surface area contributed by atoms with Crippen molar-refractivity contribution in [1.82, 2.24) is 14.5 Å². The van der Waals surface area contributed by atoms with Gasteiger partial charge in [0.25, 0.3) is 0 Å². The largest absolute Gasteiger partial charge is 0.329 e. The molecule has 3 rings (SSSR count). The fourth-order valence-electron chi connectivity index (χ4n) is 3.40. The van der Waals surface area contributed by atoms with Crippen molar-refractivity contribution < 1.29 is 0 Å². The molecule has 0 unspecified atom stereocenters. The minimum atomic E-state index is 0.0241. The summed E-state index contributed by atoms with van der Waals surface area (Å²) >= 11 is 0. The van der Waals surface area contributed by atoms with Gasteiger partial charge in [-0.2, -0.15) is 0 Å². The number of nitrogens with one attached hydrogen (secondary N) is 1. The highest BCUT2D eigenvalue weighted by molar-refractivity contribution is 5.76. The van der Waals surface area contributed by atoms with E-state index in [0.717, 1.165) is 24.0 Å². The third kappa shape index (κ3) is 2.89. The van der Waals surface area contributed by atoms with Gasteiger partial charge >= 0.3 is 5.69 Å². The smallest absolute Gasteiger partial charge is 0.320 e. The molecule has 0 saturated heterocycles. The molecule has 0 fully saturated rings. The summed E-state index contributed by atoms with van der Waals surface area (Å²) in [4.78, 5) is 13.2. The van der Waals surface area contributed by atoms with Gasteiger partial charge in [0.15, 0.2) is 0 Å². The Balaban J connectivity index is 2.25. The summed E-state index contributed by atoms with van der Waals surface area (Å²) < 4.78 is 3.85. The van der Waals surface area contributed by atoms with Crippen LogP contribution in [0.4, 0.5) is 0 Å². The minimum absolute atomic E-state index is 0.0241. The summed E-state index contributed by atoms with van der Waals surface area (Å²) in [5.41, 5.74) is 3.24. The average molecular weight is 323 g/mol. The normalized spacial score (nSPS) is 12.8. The summed E-state index contributed by atoms with van der Waals surface area (Å²) in [6.07, 6.45) is 0.868. The lowest BCUT2D eigenvalue weighted by molar-refractivity contribution is 0.496. The lowest BCUT2D eigenvalue weighted by atomic mass is 10.0. The molecule has 0 radical (unpaired) electrons. The van der Waals surface area contributed by atoms with Crippen LogP contribution in [0.1, 0.15) is 37.9 Å². The molecule has 0 amide bonds. The number of imidazole rings is 1. The molecule has 2 aromatic carbocycles. The molecule has 1 atom stereocenters. The van der Waals surface area contributed by atoms with Crippen LogP contribution in [0.25, 0.3) is 11.0 Å². The van der Waals surface area contributed by atoms with Crippen molar-refractivity contribution >= 4 is 11.0 Å². The van der Waals surface area contributed by atoms with Gasteiger partial charge in [0.1, 0.15) is 0 Å². The van der Waals surface area contributed by atoms with Gasteiger partial charge in [0.2, 0.25) is 0 Å². The number of benzene rings is 2. The highest BCUT2D eigenvalue weighted by Gasteiger charge is 2.22. The van der Waals surface area contributed by atoms with E-state index >= 15 is 0 Å². The second kappa shape index (κ2) is 7.05. The van der Waals surface area contributed by atoms with Gasteiger partial charge in [-0.15, -0.1) is 0 Å². The van der Waals surface area contributed by atoms with E-state index in [2.05, 4.69) is 31.3 Å². The molecule has 0 aliphatic carbocycles. The minimum Gasteiger partial charge on any atom is -0.320 e. The molecule has 1 N–H and O–H groups in total. The molecule has 0 bridgehead atoms. The molecule has 4 nitrogen and oxygen atoms in total. The van der Waals surface area contributed by atoms with Crippen molar-refractivity contribution in [2.24, 2.45) is 0 Å². The zero-order chi connectivity index (χ0) is 17.1. The van der Waals surface area contributed by atoms with Crippen molar-refractivity contribution in [1.29, 1.82) is 0 Å². The number of rotatable bonds is 6. The van der Waals surface area contributed by atoms with Gasteiger partial charge in [-0.3, -0.25) is 9.13 Å². The van der Waals surface area contributed by atoms with Crippen molar-refractivity contribution in [3.63, 3.8) is 0 Å². The van der Waals surface area contributed by atoms with Crippen LogP contribution in [-0.2, 0) is 0 Å². The lowest BCUT2D eigenvalue weighted by Crippen LogP contribution is -2.30. The molecule has 0 saturated carbocycles. The first-order valence-corrected chi connectivity index (χ1v) is 8.56. The third-order valence-electron chi connectivity index (χ3n) is 4.49. The fourth-order valence-corrected chi connectivity index (χ4v) is 3.40. The molecule has 1 heterocycles. The van der Waals surface area contributed by atoms with Crippen molar-refractivity contribution in [2.75, 3.05) is 13.6 Å². The molecule has 0 aliphatic rings. The van der Waals surface area contributed by atoms with Crippen molar-refractivity contribution in [2.45, 2.75) is 32.4 Å².